The van der Waals surface area contributed by atoms with Gasteiger partial charge in [0.05, 0.1) is 23.1 Å². The number of nitriles is 1. The molecule has 1 fully saturated rings. The molecule has 1 aliphatic heterocycles. The second kappa shape index (κ2) is 7.96. The van der Waals surface area contributed by atoms with E-state index in [4.69, 9.17) is 0 Å². The Morgan fingerprint density at radius 2 is 1.93 bits per heavy atom. The molecule has 0 aliphatic carbocycles. The van der Waals surface area contributed by atoms with Crippen LogP contribution in [0.25, 0.3) is 0 Å². The van der Waals surface area contributed by atoms with Gasteiger partial charge >= 0.3 is 5.97 Å². The summed E-state index contributed by atoms with van der Waals surface area (Å²) >= 11 is 0. The van der Waals surface area contributed by atoms with E-state index in [0.29, 0.717) is 35.6 Å². The van der Waals surface area contributed by atoms with Gasteiger partial charge in [0.2, 0.25) is 10.0 Å². The number of rotatable bonds is 4. The summed E-state index contributed by atoms with van der Waals surface area (Å²) < 4.78 is 32.2. The number of ether oxygens (including phenoxy) is 1. The summed E-state index contributed by atoms with van der Waals surface area (Å²) in [5, 5.41) is 9.23. The van der Waals surface area contributed by atoms with Gasteiger partial charge in [-0.2, -0.15) is 9.57 Å². The molecular weight excluding hydrogens is 380 g/mol. The molecular formula is C19H20N4O4S. The molecule has 0 bridgehead atoms. The van der Waals surface area contributed by atoms with Crippen molar-refractivity contribution in [2.24, 2.45) is 0 Å². The van der Waals surface area contributed by atoms with Crippen molar-refractivity contribution < 1.29 is 17.9 Å². The lowest BCUT2D eigenvalue weighted by Gasteiger charge is -2.35. The van der Waals surface area contributed by atoms with E-state index in [1.54, 1.807) is 25.3 Å². The van der Waals surface area contributed by atoms with Crippen LogP contribution in [0, 0.1) is 18.3 Å². The van der Waals surface area contributed by atoms with Gasteiger partial charge in [0, 0.05) is 32.4 Å². The Labute approximate surface area is 164 Å². The number of methoxy groups -OCH3 is 1. The van der Waals surface area contributed by atoms with E-state index in [1.807, 2.05) is 4.90 Å². The van der Waals surface area contributed by atoms with Crippen LogP contribution in [0.3, 0.4) is 0 Å². The van der Waals surface area contributed by atoms with Gasteiger partial charge in [0.15, 0.2) is 0 Å². The summed E-state index contributed by atoms with van der Waals surface area (Å²) in [6.07, 6.45) is 1.62. The lowest BCUT2D eigenvalue weighted by molar-refractivity contribution is 0.0600. The first-order valence-corrected chi connectivity index (χ1v) is 10.1. The van der Waals surface area contributed by atoms with E-state index in [1.165, 1.54) is 29.6 Å². The Kier molecular flexibility index (Phi) is 5.63. The molecule has 28 heavy (non-hydrogen) atoms. The third-order valence-electron chi connectivity index (χ3n) is 4.66. The predicted octanol–water partition coefficient (Wildman–Crippen LogP) is 1.56. The van der Waals surface area contributed by atoms with Gasteiger partial charge in [-0.3, -0.25) is 0 Å². The molecule has 1 aliphatic rings. The Balaban J connectivity index is 1.78. The standard InChI is InChI=1S/C19H20N4O4S/c1-14-12-15(19(24)27-2)5-6-17(14)28(25,26)23-10-8-22(9-11-23)18-16(13-20)4-3-7-21-18/h3-7,12H,8-11H2,1-2H3. The van der Waals surface area contributed by atoms with Crippen molar-refractivity contribution >= 4 is 21.8 Å². The fourth-order valence-electron chi connectivity index (χ4n) is 3.20. The molecule has 1 saturated heterocycles. The summed E-state index contributed by atoms with van der Waals surface area (Å²) in [5.74, 6) is 0.0602. The predicted molar refractivity (Wildman–Crippen MR) is 102 cm³/mol. The molecule has 1 aromatic heterocycles. The van der Waals surface area contributed by atoms with Crippen LogP contribution in [0.4, 0.5) is 5.82 Å². The molecule has 3 rings (SSSR count). The number of aryl methyl sites for hydroxylation is 1. The molecule has 0 spiro atoms. The van der Waals surface area contributed by atoms with Crippen molar-refractivity contribution in [3.63, 3.8) is 0 Å². The molecule has 0 unspecified atom stereocenters. The van der Waals surface area contributed by atoms with Crippen LogP contribution in [0.2, 0.25) is 0 Å². The third-order valence-corrected chi connectivity index (χ3v) is 6.72. The summed E-state index contributed by atoms with van der Waals surface area (Å²) in [7, 11) is -2.42. The lowest BCUT2D eigenvalue weighted by Crippen LogP contribution is -2.49. The minimum Gasteiger partial charge on any atom is -0.465 e. The van der Waals surface area contributed by atoms with Crippen molar-refractivity contribution in [3.8, 4) is 6.07 Å². The Bertz CT molecular complexity index is 1040. The lowest BCUT2D eigenvalue weighted by atomic mass is 10.1. The van der Waals surface area contributed by atoms with Gasteiger partial charge in [-0.1, -0.05) is 0 Å². The monoisotopic (exact) mass is 400 g/mol. The molecule has 0 amide bonds. The minimum absolute atomic E-state index is 0.171. The number of carbonyl (C=O) groups excluding carboxylic acids is 1. The highest BCUT2D eigenvalue weighted by atomic mass is 32.2. The van der Waals surface area contributed by atoms with Gasteiger partial charge < -0.3 is 9.64 Å². The Morgan fingerprint density at radius 1 is 1.21 bits per heavy atom. The van der Waals surface area contributed by atoms with Crippen molar-refractivity contribution in [2.75, 3.05) is 38.2 Å². The maximum Gasteiger partial charge on any atom is 0.337 e. The van der Waals surface area contributed by atoms with Crippen molar-refractivity contribution in [1.29, 1.82) is 5.26 Å². The first-order chi connectivity index (χ1) is 13.4. The zero-order valence-electron chi connectivity index (χ0n) is 15.6. The average molecular weight is 400 g/mol. The van der Waals surface area contributed by atoms with Crippen molar-refractivity contribution in [2.45, 2.75) is 11.8 Å². The number of piperazine rings is 1. The van der Waals surface area contributed by atoms with Gasteiger partial charge in [0.25, 0.3) is 0 Å². The molecule has 0 saturated carbocycles. The summed E-state index contributed by atoms with van der Waals surface area (Å²) in [5.41, 5.74) is 1.26. The van der Waals surface area contributed by atoms with E-state index in [0.717, 1.165) is 0 Å². The number of pyridine rings is 1. The summed E-state index contributed by atoms with van der Waals surface area (Å²) in [6.45, 7) is 3.08. The van der Waals surface area contributed by atoms with Gasteiger partial charge in [-0.05, 0) is 42.8 Å². The zero-order chi connectivity index (χ0) is 20.3. The topological polar surface area (TPSA) is 104 Å². The molecule has 2 heterocycles. The molecule has 0 N–H and O–H groups in total. The second-order valence-corrected chi connectivity index (χ2v) is 8.26. The fraction of sp³-hybridized carbons (Fsp3) is 0.316. The number of sulfonamides is 1. The fourth-order valence-corrected chi connectivity index (χ4v) is 4.83. The molecule has 8 nitrogen and oxygen atoms in total. The first kappa shape index (κ1) is 19.8. The number of carbonyl (C=O) groups is 1. The normalized spacial score (nSPS) is 15.1. The molecule has 9 heteroatoms. The van der Waals surface area contributed by atoms with Crippen LogP contribution in [-0.4, -0.2) is 57.0 Å². The van der Waals surface area contributed by atoms with Gasteiger partial charge in [0.1, 0.15) is 11.9 Å². The number of anilines is 1. The van der Waals surface area contributed by atoms with Crippen LogP contribution in [0.1, 0.15) is 21.5 Å². The summed E-state index contributed by atoms with van der Waals surface area (Å²) in [4.78, 5) is 18.0. The quantitative estimate of drug-likeness (QED) is 0.718. The van der Waals surface area contributed by atoms with E-state index < -0.39 is 16.0 Å². The zero-order valence-corrected chi connectivity index (χ0v) is 16.4. The maximum atomic E-state index is 13.0. The third kappa shape index (κ3) is 3.69. The second-order valence-electron chi connectivity index (χ2n) is 6.35. The molecule has 1 aromatic carbocycles. The first-order valence-electron chi connectivity index (χ1n) is 8.67. The largest absolute Gasteiger partial charge is 0.465 e. The van der Waals surface area contributed by atoms with E-state index in [-0.39, 0.29) is 18.0 Å². The van der Waals surface area contributed by atoms with Crippen LogP contribution < -0.4 is 4.90 Å². The molecule has 2 aromatic rings. The van der Waals surface area contributed by atoms with E-state index in [9.17, 15) is 18.5 Å². The van der Waals surface area contributed by atoms with Crippen LogP contribution >= 0.6 is 0 Å². The Morgan fingerprint density at radius 3 is 2.54 bits per heavy atom. The van der Waals surface area contributed by atoms with Crippen LogP contribution in [0.15, 0.2) is 41.4 Å². The van der Waals surface area contributed by atoms with Crippen LogP contribution in [0.5, 0.6) is 0 Å². The number of aromatic nitrogens is 1. The van der Waals surface area contributed by atoms with Crippen LogP contribution in [-0.2, 0) is 14.8 Å². The number of hydrogen-bond acceptors (Lipinski definition) is 7. The minimum atomic E-state index is -3.69. The Hall–Kier alpha value is -2.96. The van der Waals surface area contributed by atoms with Crippen molar-refractivity contribution in [3.05, 3.63) is 53.2 Å². The van der Waals surface area contributed by atoms with E-state index in [2.05, 4.69) is 15.8 Å². The highest BCUT2D eigenvalue weighted by Gasteiger charge is 2.30. The highest BCUT2D eigenvalue weighted by Crippen LogP contribution is 2.24. The van der Waals surface area contributed by atoms with E-state index >= 15 is 0 Å². The number of hydrogen-bond donors (Lipinski definition) is 0. The highest BCUT2D eigenvalue weighted by molar-refractivity contribution is 7.89. The van der Waals surface area contributed by atoms with Gasteiger partial charge in [-0.15, -0.1) is 0 Å². The number of benzene rings is 1. The summed E-state index contributed by atoms with van der Waals surface area (Å²) in [6, 6.07) is 9.91. The number of nitrogens with zero attached hydrogens (tertiary/aromatic N) is 4. The SMILES string of the molecule is COC(=O)c1ccc(S(=O)(=O)N2CCN(c3ncccc3C#N)CC2)c(C)c1. The molecule has 0 atom stereocenters. The smallest absolute Gasteiger partial charge is 0.337 e. The molecule has 0 radical (unpaired) electrons. The van der Waals surface area contributed by atoms with Gasteiger partial charge in [-0.25, -0.2) is 18.2 Å². The molecule has 146 valence electrons. The average Bonchev–Trinajstić information content (AvgIpc) is 2.72. The maximum absolute atomic E-state index is 13.0. The van der Waals surface area contributed by atoms with Crippen molar-refractivity contribution in [1.82, 2.24) is 9.29 Å². The number of esters is 1.